The van der Waals surface area contributed by atoms with Gasteiger partial charge in [-0.2, -0.15) is 0 Å². The minimum absolute atomic E-state index is 0.00834. The number of hydrogen-bond donors (Lipinski definition) is 0. The van der Waals surface area contributed by atoms with Crippen molar-refractivity contribution in [2.24, 2.45) is 4.99 Å². The van der Waals surface area contributed by atoms with Gasteiger partial charge in [-0.05, 0) is 17.7 Å². The number of aliphatic imine (C=N–C) groups is 1. The Balaban J connectivity index is 2.07. The Morgan fingerprint density at radius 2 is 1.22 bits per heavy atom. The monoisotopic (exact) mass is 435 g/mol. The summed E-state index contributed by atoms with van der Waals surface area (Å²) in [7, 11) is 0. The number of hydrogen-bond acceptors (Lipinski definition) is 9. The normalized spacial score (nSPS) is 12.8. The first-order chi connectivity index (χ1) is 15.2. The van der Waals surface area contributed by atoms with E-state index in [0.29, 0.717) is 0 Å². The summed E-state index contributed by atoms with van der Waals surface area (Å²) in [4.78, 5) is 46.8. The summed E-state index contributed by atoms with van der Waals surface area (Å²) < 4.78 is 0. The molecular formula is C19H9N5O8. The molecule has 0 fully saturated rings. The topological polar surface area (TPSA) is 185 Å². The van der Waals surface area contributed by atoms with Crippen LogP contribution < -0.4 is 0 Å². The van der Waals surface area contributed by atoms with Crippen molar-refractivity contribution in [2.45, 2.75) is 0 Å². The maximum Gasteiger partial charge on any atom is 0.284 e. The van der Waals surface area contributed by atoms with Gasteiger partial charge in [0.1, 0.15) is 0 Å². The van der Waals surface area contributed by atoms with Crippen LogP contribution in [-0.4, -0.2) is 25.4 Å². The van der Waals surface area contributed by atoms with E-state index in [9.17, 15) is 40.5 Å². The van der Waals surface area contributed by atoms with Crippen LogP contribution in [0.3, 0.4) is 0 Å². The van der Waals surface area contributed by atoms with Crippen LogP contribution in [0.1, 0.15) is 11.1 Å². The average molecular weight is 435 g/mol. The van der Waals surface area contributed by atoms with Crippen molar-refractivity contribution < 1.29 is 19.7 Å². The van der Waals surface area contributed by atoms with Gasteiger partial charge in [0.05, 0.1) is 42.7 Å². The quantitative estimate of drug-likeness (QED) is 0.324. The van der Waals surface area contributed by atoms with Crippen LogP contribution in [0.15, 0.2) is 59.6 Å². The van der Waals surface area contributed by atoms with Crippen molar-refractivity contribution in [3.8, 4) is 11.1 Å². The largest absolute Gasteiger partial charge is 0.284 e. The van der Waals surface area contributed by atoms with Crippen molar-refractivity contribution in [2.75, 3.05) is 0 Å². The lowest BCUT2D eigenvalue weighted by atomic mass is 10.0. The molecule has 0 atom stereocenters. The molecule has 3 aromatic rings. The fourth-order valence-corrected chi connectivity index (χ4v) is 3.46. The molecule has 0 radical (unpaired) electrons. The lowest BCUT2D eigenvalue weighted by molar-refractivity contribution is -0.393. The zero-order valence-corrected chi connectivity index (χ0v) is 15.7. The molecule has 0 aliphatic heterocycles. The van der Waals surface area contributed by atoms with Crippen molar-refractivity contribution in [3.05, 3.63) is 106 Å². The summed E-state index contributed by atoms with van der Waals surface area (Å²) in [6.07, 6.45) is 0. The van der Waals surface area contributed by atoms with E-state index < -0.39 is 31.1 Å². The van der Waals surface area contributed by atoms with E-state index in [4.69, 9.17) is 0 Å². The van der Waals surface area contributed by atoms with Gasteiger partial charge in [0.15, 0.2) is 0 Å². The summed E-state index contributed by atoms with van der Waals surface area (Å²) in [5, 5.41) is 45.4. The average Bonchev–Trinajstić information content (AvgIpc) is 3.06. The van der Waals surface area contributed by atoms with Gasteiger partial charge in [0, 0.05) is 41.5 Å². The Hall–Kier alpha value is -5.07. The van der Waals surface area contributed by atoms with Crippen LogP contribution in [0.5, 0.6) is 0 Å². The molecule has 0 heterocycles. The van der Waals surface area contributed by atoms with Gasteiger partial charge < -0.3 is 0 Å². The van der Waals surface area contributed by atoms with Gasteiger partial charge in [-0.15, -0.1) is 0 Å². The predicted molar refractivity (Wildman–Crippen MR) is 110 cm³/mol. The van der Waals surface area contributed by atoms with Crippen molar-refractivity contribution in [1.29, 1.82) is 0 Å². The maximum atomic E-state index is 11.7. The van der Waals surface area contributed by atoms with Gasteiger partial charge in [-0.25, -0.2) is 4.99 Å². The molecule has 0 spiro atoms. The third-order valence-corrected chi connectivity index (χ3v) is 4.78. The summed E-state index contributed by atoms with van der Waals surface area (Å²) >= 11 is 0. The molecular weight excluding hydrogens is 426 g/mol. The molecule has 0 unspecified atom stereocenters. The van der Waals surface area contributed by atoms with Crippen LogP contribution in [0.4, 0.5) is 28.4 Å². The molecule has 0 saturated heterocycles. The molecule has 13 heteroatoms. The second kappa shape index (κ2) is 7.32. The highest BCUT2D eigenvalue weighted by Gasteiger charge is 2.36. The summed E-state index contributed by atoms with van der Waals surface area (Å²) in [6.45, 7) is 0. The first-order valence-corrected chi connectivity index (χ1v) is 8.77. The Kier molecular flexibility index (Phi) is 4.62. The minimum Gasteiger partial charge on any atom is -0.258 e. The van der Waals surface area contributed by atoms with E-state index in [0.717, 1.165) is 30.3 Å². The smallest absolute Gasteiger partial charge is 0.258 e. The van der Waals surface area contributed by atoms with Gasteiger partial charge >= 0.3 is 0 Å². The first-order valence-electron chi connectivity index (χ1n) is 8.77. The Labute approximate surface area is 176 Å². The third kappa shape index (κ3) is 3.28. The van der Waals surface area contributed by atoms with Crippen molar-refractivity contribution in [1.82, 2.24) is 0 Å². The molecule has 32 heavy (non-hydrogen) atoms. The number of nitro groups is 4. The van der Waals surface area contributed by atoms with Crippen LogP contribution in [0.2, 0.25) is 0 Å². The molecule has 1 aliphatic rings. The standard InChI is InChI=1S/C19H9N5O8/c25-21(26)11-3-1-2-10(6-11)20-19-15-7-12(22(27)28)4-5-14(15)18-16(19)8-13(23(29)30)9-17(18)24(31)32/h1-9H. The fraction of sp³-hybridized carbons (Fsp3) is 0. The first kappa shape index (κ1) is 20.2. The predicted octanol–water partition coefficient (Wildman–Crippen LogP) is 4.47. The number of nitro benzene ring substituents is 4. The fourth-order valence-electron chi connectivity index (χ4n) is 3.46. The Bertz CT molecular complexity index is 1400. The number of nitrogens with zero attached hydrogens (tertiary/aromatic N) is 5. The van der Waals surface area contributed by atoms with E-state index in [1.165, 1.54) is 24.3 Å². The molecule has 4 rings (SSSR count). The Morgan fingerprint density at radius 3 is 1.84 bits per heavy atom. The molecule has 13 nitrogen and oxygen atoms in total. The zero-order chi connectivity index (χ0) is 23.2. The summed E-state index contributed by atoms with van der Waals surface area (Å²) in [6, 6.07) is 10.7. The van der Waals surface area contributed by atoms with Crippen LogP contribution in [-0.2, 0) is 0 Å². The van der Waals surface area contributed by atoms with Crippen molar-refractivity contribution >= 4 is 34.1 Å². The maximum absolute atomic E-state index is 11.7. The minimum atomic E-state index is -0.802. The summed E-state index contributed by atoms with van der Waals surface area (Å²) in [5.41, 5.74) is -1.21. The Morgan fingerprint density at radius 1 is 0.594 bits per heavy atom. The second-order valence-electron chi connectivity index (χ2n) is 6.63. The molecule has 158 valence electrons. The number of benzene rings is 3. The molecule has 0 saturated carbocycles. The number of fused-ring (bicyclic) bond motifs is 3. The van der Waals surface area contributed by atoms with Gasteiger partial charge in [-0.3, -0.25) is 40.5 Å². The van der Waals surface area contributed by atoms with E-state index >= 15 is 0 Å². The van der Waals surface area contributed by atoms with Crippen molar-refractivity contribution in [3.63, 3.8) is 0 Å². The van der Waals surface area contributed by atoms with Gasteiger partial charge in [0.25, 0.3) is 22.7 Å². The van der Waals surface area contributed by atoms with E-state index in [1.54, 1.807) is 0 Å². The van der Waals surface area contributed by atoms with Crippen LogP contribution in [0.25, 0.3) is 11.1 Å². The number of non-ortho nitro benzene ring substituents is 3. The van der Waals surface area contributed by atoms with Gasteiger partial charge in [-0.1, -0.05) is 6.07 Å². The highest BCUT2D eigenvalue weighted by Crippen LogP contribution is 2.46. The van der Waals surface area contributed by atoms with E-state index in [-0.39, 0.29) is 45.0 Å². The molecule has 0 N–H and O–H groups in total. The second-order valence-corrected chi connectivity index (χ2v) is 6.63. The van der Waals surface area contributed by atoms with E-state index in [2.05, 4.69) is 4.99 Å². The number of rotatable bonds is 5. The lowest BCUT2D eigenvalue weighted by Gasteiger charge is -2.03. The summed E-state index contributed by atoms with van der Waals surface area (Å²) in [5.74, 6) is 0. The van der Waals surface area contributed by atoms with Crippen LogP contribution in [0, 0.1) is 40.5 Å². The molecule has 0 aromatic heterocycles. The van der Waals surface area contributed by atoms with E-state index in [1.807, 2.05) is 0 Å². The van der Waals surface area contributed by atoms with Gasteiger partial charge in [0.2, 0.25) is 0 Å². The molecule has 3 aromatic carbocycles. The lowest BCUT2D eigenvalue weighted by Crippen LogP contribution is -2.01. The molecule has 1 aliphatic carbocycles. The molecule has 0 amide bonds. The highest BCUT2D eigenvalue weighted by molar-refractivity contribution is 6.27. The zero-order valence-electron chi connectivity index (χ0n) is 15.7. The third-order valence-electron chi connectivity index (χ3n) is 4.78. The highest BCUT2D eigenvalue weighted by atomic mass is 16.6. The van der Waals surface area contributed by atoms with Crippen LogP contribution >= 0.6 is 0 Å². The SMILES string of the molecule is O=[N+]([O-])c1cccc(N=C2c3cc([N+](=O)[O-])ccc3-c3c2cc([N+](=O)[O-])cc3[N+](=O)[O-])c1. The molecule has 0 bridgehead atoms.